The van der Waals surface area contributed by atoms with Gasteiger partial charge in [-0.05, 0) is 12.8 Å². The number of hydrogen-bond donors (Lipinski definition) is 2. The highest BCUT2D eigenvalue weighted by molar-refractivity contribution is 7.18. The largest absolute Gasteiger partial charge is 0.382 e. The lowest BCUT2D eigenvalue weighted by Gasteiger charge is -2.26. The topological polar surface area (TPSA) is 80.5 Å². The fraction of sp³-hybridized carbons (Fsp3) is 0.636. The number of nitrogen functional groups attached to an aromatic ring is 1. The third-order valence-electron chi connectivity index (χ3n) is 3.05. The number of nitrogens with two attached hydrogens (primary N) is 1. The molecule has 98 valence electrons. The Morgan fingerprint density at radius 3 is 2.83 bits per heavy atom. The number of thiazole rings is 1. The van der Waals surface area contributed by atoms with Crippen LogP contribution in [-0.2, 0) is 4.74 Å². The Bertz CT molecular complexity index is 452. The number of amides is 1. The van der Waals surface area contributed by atoms with Gasteiger partial charge in [-0.25, -0.2) is 4.98 Å². The lowest BCUT2D eigenvalue weighted by molar-refractivity contribution is 0.0306. The van der Waals surface area contributed by atoms with E-state index >= 15 is 0 Å². The summed E-state index contributed by atoms with van der Waals surface area (Å²) in [6, 6.07) is 0.516. The lowest BCUT2D eigenvalue weighted by Crippen LogP contribution is -2.40. The summed E-state index contributed by atoms with van der Waals surface area (Å²) in [5.41, 5.74) is 5.83. The molecule has 0 radical (unpaired) electrons. The zero-order chi connectivity index (χ0) is 12.5. The number of nitrogens with zero attached hydrogens (tertiary/aromatic N) is 2. The van der Waals surface area contributed by atoms with E-state index in [4.69, 9.17) is 10.5 Å². The van der Waals surface area contributed by atoms with E-state index in [-0.39, 0.29) is 5.91 Å². The van der Waals surface area contributed by atoms with E-state index in [1.54, 1.807) is 4.90 Å². The van der Waals surface area contributed by atoms with Crippen LogP contribution in [0.5, 0.6) is 0 Å². The molecule has 1 aliphatic heterocycles. The van der Waals surface area contributed by atoms with Crippen molar-refractivity contribution in [3.63, 3.8) is 0 Å². The van der Waals surface area contributed by atoms with Crippen LogP contribution in [0.15, 0.2) is 0 Å². The summed E-state index contributed by atoms with van der Waals surface area (Å²) in [4.78, 5) is 18.8. The molecule has 0 spiro atoms. The molecular formula is C11H16N4O2S. The van der Waals surface area contributed by atoms with Gasteiger partial charge in [-0.3, -0.25) is 4.79 Å². The van der Waals surface area contributed by atoms with E-state index in [2.05, 4.69) is 10.3 Å². The summed E-state index contributed by atoms with van der Waals surface area (Å²) < 4.78 is 5.23. The van der Waals surface area contributed by atoms with Crippen molar-refractivity contribution in [1.82, 2.24) is 9.88 Å². The van der Waals surface area contributed by atoms with Gasteiger partial charge in [0.15, 0.2) is 5.13 Å². The normalized spacial score (nSPS) is 19.9. The van der Waals surface area contributed by atoms with Gasteiger partial charge in [-0.15, -0.1) is 0 Å². The maximum absolute atomic E-state index is 12.3. The van der Waals surface area contributed by atoms with E-state index in [9.17, 15) is 4.79 Å². The number of carbonyl (C=O) groups excluding carboxylic acids is 1. The SMILES string of the molecule is Nc1nc(NC2CC2)sc1C(=O)N1CCOCC1. The van der Waals surface area contributed by atoms with Gasteiger partial charge >= 0.3 is 0 Å². The Morgan fingerprint density at radius 2 is 2.17 bits per heavy atom. The van der Waals surface area contributed by atoms with Crippen molar-refractivity contribution < 1.29 is 9.53 Å². The molecule has 1 amide bonds. The van der Waals surface area contributed by atoms with Gasteiger partial charge in [0, 0.05) is 19.1 Å². The second kappa shape index (κ2) is 4.74. The average molecular weight is 268 g/mol. The standard InChI is InChI=1S/C11H16N4O2S/c12-9-8(10(16)15-3-5-17-6-4-15)18-11(14-9)13-7-1-2-7/h7H,1-6,12H2,(H,13,14). The first-order valence-electron chi connectivity index (χ1n) is 6.14. The molecule has 1 aromatic rings. The van der Waals surface area contributed by atoms with Gasteiger partial charge < -0.3 is 20.7 Å². The molecular weight excluding hydrogens is 252 g/mol. The molecule has 3 rings (SSSR count). The van der Waals surface area contributed by atoms with Gasteiger partial charge in [0.25, 0.3) is 5.91 Å². The quantitative estimate of drug-likeness (QED) is 0.846. The molecule has 0 unspecified atom stereocenters. The van der Waals surface area contributed by atoms with Gasteiger partial charge in [0.05, 0.1) is 13.2 Å². The predicted octanol–water partition coefficient (Wildman–Crippen LogP) is 0.772. The molecule has 0 atom stereocenters. The van der Waals surface area contributed by atoms with Crippen LogP contribution in [0.2, 0.25) is 0 Å². The molecule has 3 N–H and O–H groups in total. The first kappa shape index (κ1) is 11.7. The minimum absolute atomic E-state index is 0.0304. The van der Waals surface area contributed by atoms with Crippen molar-refractivity contribution in [2.24, 2.45) is 0 Å². The van der Waals surface area contributed by atoms with Gasteiger partial charge in [0.1, 0.15) is 10.7 Å². The third kappa shape index (κ3) is 2.41. The Kier molecular flexibility index (Phi) is 3.09. The average Bonchev–Trinajstić information content (AvgIpc) is 3.12. The monoisotopic (exact) mass is 268 g/mol. The smallest absolute Gasteiger partial charge is 0.268 e. The Morgan fingerprint density at radius 1 is 1.44 bits per heavy atom. The van der Waals surface area contributed by atoms with Crippen LogP contribution >= 0.6 is 11.3 Å². The molecule has 2 heterocycles. The zero-order valence-corrected chi connectivity index (χ0v) is 10.8. The number of rotatable bonds is 3. The van der Waals surface area contributed by atoms with E-state index in [1.807, 2.05) is 0 Å². The van der Waals surface area contributed by atoms with Gasteiger partial charge in [0.2, 0.25) is 0 Å². The molecule has 2 aliphatic rings. The van der Waals surface area contributed by atoms with E-state index in [0.29, 0.717) is 43.0 Å². The van der Waals surface area contributed by atoms with Crippen molar-refractivity contribution in [1.29, 1.82) is 0 Å². The Balaban J connectivity index is 1.73. The molecule has 0 aromatic carbocycles. The summed E-state index contributed by atoms with van der Waals surface area (Å²) >= 11 is 1.35. The van der Waals surface area contributed by atoms with Gasteiger partial charge in [-0.1, -0.05) is 11.3 Å². The molecule has 1 saturated heterocycles. The first-order valence-corrected chi connectivity index (χ1v) is 6.95. The van der Waals surface area contributed by atoms with Crippen LogP contribution in [0.1, 0.15) is 22.5 Å². The van der Waals surface area contributed by atoms with Crippen LogP contribution in [0, 0.1) is 0 Å². The van der Waals surface area contributed by atoms with Crippen LogP contribution in [-0.4, -0.2) is 48.1 Å². The molecule has 1 aliphatic carbocycles. The predicted molar refractivity (Wildman–Crippen MR) is 69.9 cm³/mol. The highest BCUT2D eigenvalue weighted by Gasteiger charge is 2.26. The summed E-state index contributed by atoms with van der Waals surface area (Å²) in [6.45, 7) is 2.44. The summed E-state index contributed by atoms with van der Waals surface area (Å²) in [5, 5.41) is 4.02. The highest BCUT2D eigenvalue weighted by Crippen LogP contribution is 2.31. The molecule has 18 heavy (non-hydrogen) atoms. The van der Waals surface area contributed by atoms with Crippen molar-refractivity contribution in [2.45, 2.75) is 18.9 Å². The molecule has 1 saturated carbocycles. The zero-order valence-electron chi connectivity index (χ0n) is 10.0. The van der Waals surface area contributed by atoms with Crippen molar-refractivity contribution in [3.05, 3.63) is 4.88 Å². The first-order chi connectivity index (χ1) is 8.74. The second-order valence-electron chi connectivity index (χ2n) is 4.56. The number of hydrogen-bond acceptors (Lipinski definition) is 6. The van der Waals surface area contributed by atoms with Crippen molar-refractivity contribution in [2.75, 3.05) is 37.4 Å². The maximum Gasteiger partial charge on any atom is 0.268 e. The molecule has 1 aromatic heterocycles. The van der Waals surface area contributed by atoms with Crippen molar-refractivity contribution >= 4 is 28.2 Å². The van der Waals surface area contributed by atoms with Crippen LogP contribution in [0.25, 0.3) is 0 Å². The maximum atomic E-state index is 12.3. The molecule has 6 nitrogen and oxygen atoms in total. The number of anilines is 2. The number of morpholine rings is 1. The fourth-order valence-electron chi connectivity index (χ4n) is 1.86. The molecule has 0 bridgehead atoms. The number of nitrogens with one attached hydrogen (secondary N) is 1. The van der Waals surface area contributed by atoms with Gasteiger partial charge in [-0.2, -0.15) is 0 Å². The minimum atomic E-state index is -0.0304. The number of ether oxygens (including phenoxy) is 1. The Labute approximate surface area is 109 Å². The van der Waals surface area contributed by atoms with Crippen molar-refractivity contribution in [3.8, 4) is 0 Å². The summed E-state index contributed by atoms with van der Waals surface area (Å²) in [5.74, 6) is 0.303. The highest BCUT2D eigenvalue weighted by atomic mass is 32.1. The van der Waals surface area contributed by atoms with E-state index in [0.717, 1.165) is 5.13 Å². The fourth-order valence-corrected chi connectivity index (χ4v) is 2.79. The third-order valence-corrected chi connectivity index (χ3v) is 4.04. The second-order valence-corrected chi connectivity index (χ2v) is 5.56. The molecule has 7 heteroatoms. The Hall–Kier alpha value is -1.34. The van der Waals surface area contributed by atoms with Crippen LogP contribution < -0.4 is 11.1 Å². The summed E-state index contributed by atoms with van der Waals surface area (Å²) in [6.07, 6.45) is 2.35. The van der Waals surface area contributed by atoms with Crippen LogP contribution in [0.4, 0.5) is 10.9 Å². The molecule has 2 fully saturated rings. The number of carbonyl (C=O) groups is 1. The van der Waals surface area contributed by atoms with E-state index < -0.39 is 0 Å². The summed E-state index contributed by atoms with van der Waals surface area (Å²) in [7, 11) is 0. The minimum Gasteiger partial charge on any atom is -0.382 e. The van der Waals surface area contributed by atoms with E-state index in [1.165, 1.54) is 24.2 Å². The number of aromatic nitrogens is 1. The lowest BCUT2D eigenvalue weighted by atomic mass is 10.3. The van der Waals surface area contributed by atoms with Crippen LogP contribution in [0.3, 0.4) is 0 Å².